The third kappa shape index (κ3) is 3.10. The summed E-state index contributed by atoms with van der Waals surface area (Å²) in [5, 5.41) is 11.9. The van der Waals surface area contributed by atoms with Gasteiger partial charge in [0.2, 0.25) is 0 Å². The summed E-state index contributed by atoms with van der Waals surface area (Å²) in [5.41, 5.74) is 3.75. The van der Waals surface area contributed by atoms with Crippen molar-refractivity contribution >= 4 is 19.7 Å². The van der Waals surface area contributed by atoms with Crippen LogP contribution in [0.4, 0.5) is 0 Å². The molecule has 0 aromatic heterocycles. The molecule has 1 aromatic carbocycles. The van der Waals surface area contributed by atoms with Gasteiger partial charge in [0.25, 0.3) is 0 Å². The fourth-order valence-electron chi connectivity index (χ4n) is 1.58. The van der Waals surface area contributed by atoms with Gasteiger partial charge in [0, 0.05) is 5.02 Å². The molecule has 1 atom stereocenters. The van der Waals surface area contributed by atoms with E-state index in [2.05, 4.69) is 32.0 Å². The average molecular weight is 253 g/mol. The van der Waals surface area contributed by atoms with Gasteiger partial charge in [-0.25, -0.2) is 0 Å². The number of halogens is 1. The van der Waals surface area contributed by atoms with Gasteiger partial charge < -0.3 is 5.11 Å². The Morgan fingerprint density at radius 1 is 1.31 bits per heavy atom. The lowest BCUT2D eigenvalue weighted by molar-refractivity contribution is 0.222. The largest absolute Gasteiger partial charge is 0.384 e. The molecule has 3 heteroatoms. The smallest absolute Gasteiger partial charge is 0.104 e. The van der Waals surface area contributed by atoms with Crippen LogP contribution in [0, 0.1) is 0 Å². The second kappa shape index (κ2) is 5.02. The quantitative estimate of drug-likeness (QED) is 0.638. The predicted molar refractivity (Wildman–Crippen MR) is 72.4 cm³/mol. The number of hydrogen-bond donors (Lipinski definition) is 1. The van der Waals surface area contributed by atoms with E-state index in [1.165, 1.54) is 0 Å². The standard InChI is InChI=1S/C13H17ClOSi/c1-5-12(16(2,3)4)13(15)10-6-8-11(14)9-7-10/h6-9,13,15H,1H2,2-4H3. The van der Waals surface area contributed by atoms with Crippen LogP contribution in [0.15, 0.2) is 41.8 Å². The third-order valence-corrected chi connectivity index (χ3v) is 4.78. The summed E-state index contributed by atoms with van der Waals surface area (Å²) in [4.78, 5) is 0. The molecule has 1 unspecified atom stereocenters. The van der Waals surface area contributed by atoms with Gasteiger partial charge >= 0.3 is 0 Å². The first-order valence-corrected chi connectivity index (χ1v) is 9.08. The van der Waals surface area contributed by atoms with E-state index < -0.39 is 14.2 Å². The lowest BCUT2D eigenvalue weighted by Gasteiger charge is -2.24. The van der Waals surface area contributed by atoms with Crippen LogP contribution >= 0.6 is 11.6 Å². The second-order valence-electron chi connectivity index (χ2n) is 4.79. The molecule has 1 N–H and O–H groups in total. The molecule has 86 valence electrons. The highest BCUT2D eigenvalue weighted by molar-refractivity contribution is 6.83. The van der Waals surface area contributed by atoms with Crippen molar-refractivity contribution in [3.05, 3.63) is 52.4 Å². The molecule has 0 amide bonds. The maximum atomic E-state index is 10.3. The molecular formula is C13H17ClOSi. The monoisotopic (exact) mass is 252 g/mol. The average Bonchev–Trinajstić information content (AvgIpc) is 2.17. The zero-order chi connectivity index (χ0) is 12.3. The molecule has 1 rings (SSSR count). The van der Waals surface area contributed by atoms with Crippen molar-refractivity contribution < 1.29 is 5.11 Å². The fourth-order valence-corrected chi connectivity index (χ4v) is 3.23. The summed E-state index contributed by atoms with van der Waals surface area (Å²) in [5.74, 6) is 0. The minimum absolute atomic E-state index is 0.610. The first-order valence-electron chi connectivity index (χ1n) is 5.20. The highest BCUT2D eigenvalue weighted by Crippen LogP contribution is 2.28. The van der Waals surface area contributed by atoms with Crippen LogP contribution in [0.3, 0.4) is 0 Å². The molecule has 0 saturated carbocycles. The third-order valence-electron chi connectivity index (χ3n) is 2.46. The van der Waals surface area contributed by atoms with Crippen LogP contribution in [-0.2, 0) is 0 Å². The lowest BCUT2D eigenvalue weighted by Crippen LogP contribution is -2.27. The van der Waals surface area contributed by atoms with Gasteiger partial charge in [0.1, 0.15) is 6.10 Å². The van der Waals surface area contributed by atoms with Gasteiger partial charge in [-0.05, 0) is 22.9 Å². The molecule has 0 aliphatic heterocycles. The molecule has 0 heterocycles. The molecule has 1 aromatic rings. The van der Waals surface area contributed by atoms with Gasteiger partial charge in [-0.2, -0.15) is 0 Å². The van der Waals surface area contributed by atoms with E-state index >= 15 is 0 Å². The molecular weight excluding hydrogens is 236 g/mol. The zero-order valence-electron chi connectivity index (χ0n) is 9.92. The van der Waals surface area contributed by atoms with Gasteiger partial charge in [-0.15, -0.1) is 5.73 Å². The summed E-state index contributed by atoms with van der Waals surface area (Å²) in [7, 11) is -1.59. The Morgan fingerprint density at radius 3 is 2.19 bits per heavy atom. The molecule has 16 heavy (non-hydrogen) atoms. The van der Waals surface area contributed by atoms with Crippen LogP contribution in [0.25, 0.3) is 0 Å². The predicted octanol–water partition coefficient (Wildman–Crippen LogP) is 3.96. The molecule has 0 aliphatic carbocycles. The highest BCUT2D eigenvalue weighted by atomic mass is 35.5. The number of rotatable bonds is 3. The molecule has 1 nitrogen and oxygen atoms in total. The molecule has 0 bridgehead atoms. The van der Waals surface area contributed by atoms with Crippen LogP contribution < -0.4 is 0 Å². The van der Waals surface area contributed by atoms with E-state index in [1.807, 2.05) is 12.1 Å². The van der Waals surface area contributed by atoms with Crippen LogP contribution in [0.5, 0.6) is 0 Å². The molecule has 0 radical (unpaired) electrons. The number of benzene rings is 1. The number of hydrogen-bond acceptors (Lipinski definition) is 1. The van der Waals surface area contributed by atoms with E-state index in [1.54, 1.807) is 12.1 Å². The zero-order valence-corrected chi connectivity index (χ0v) is 11.7. The van der Waals surface area contributed by atoms with Crippen molar-refractivity contribution in [1.29, 1.82) is 0 Å². The van der Waals surface area contributed by atoms with Gasteiger partial charge in [0.05, 0.1) is 8.07 Å². The summed E-state index contributed by atoms with van der Waals surface area (Å²) in [6.07, 6.45) is -0.610. The topological polar surface area (TPSA) is 20.2 Å². The fraction of sp³-hybridized carbons (Fsp3) is 0.308. The van der Waals surface area contributed by atoms with E-state index in [0.717, 1.165) is 10.8 Å². The highest BCUT2D eigenvalue weighted by Gasteiger charge is 2.26. The van der Waals surface area contributed by atoms with E-state index in [0.29, 0.717) is 5.02 Å². The Morgan fingerprint density at radius 2 is 1.81 bits per heavy atom. The Kier molecular flexibility index (Phi) is 4.17. The van der Waals surface area contributed by atoms with Crippen molar-refractivity contribution in [2.45, 2.75) is 25.7 Å². The van der Waals surface area contributed by atoms with Crippen LogP contribution in [0.1, 0.15) is 11.7 Å². The maximum absolute atomic E-state index is 10.3. The summed E-state index contributed by atoms with van der Waals surface area (Å²) < 4.78 is 0. The Balaban J connectivity index is 3.06. The van der Waals surface area contributed by atoms with E-state index in [-0.39, 0.29) is 0 Å². The normalized spacial score (nSPS) is 13.1. The molecule has 0 spiro atoms. The van der Waals surface area contributed by atoms with Crippen molar-refractivity contribution in [2.24, 2.45) is 0 Å². The van der Waals surface area contributed by atoms with Gasteiger partial charge in [0.15, 0.2) is 0 Å². The lowest BCUT2D eigenvalue weighted by atomic mass is 10.1. The van der Waals surface area contributed by atoms with E-state index in [9.17, 15) is 5.11 Å². The minimum Gasteiger partial charge on any atom is -0.384 e. The van der Waals surface area contributed by atoms with E-state index in [4.69, 9.17) is 11.6 Å². The Hall–Kier alpha value is -0.793. The summed E-state index contributed by atoms with van der Waals surface area (Å²) in [6.45, 7) is 10.2. The minimum atomic E-state index is -1.59. The number of aliphatic hydroxyl groups is 1. The van der Waals surface area contributed by atoms with Gasteiger partial charge in [-0.1, -0.05) is 50.0 Å². The van der Waals surface area contributed by atoms with Crippen LogP contribution in [0.2, 0.25) is 24.7 Å². The maximum Gasteiger partial charge on any atom is 0.104 e. The summed E-state index contributed by atoms with van der Waals surface area (Å²) >= 11 is 5.81. The Labute approximate surface area is 103 Å². The molecule has 0 aliphatic rings. The van der Waals surface area contributed by atoms with Crippen molar-refractivity contribution in [3.63, 3.8) is 0 Å². The SMILES string of the molecule is C=C=C(C(O)c1ccc(Cl)cc1)[Si](C)(C)C. The van der Waals surface area contributed by atoms with Crippen molar-refractivity contribution in [1.82, 2.24) is 0 Å². The summed E-state index contributed by atoms with van der Waals surface area (Å²) in [6, 6.07) is 7.24. The molecule has 0 saturated heterocycles. The first-order chi connectivity index (χ1) is 7.36. The van der Waals surface area contributed by atoms with Crippen molar-refractivity contribution in [3.8, 4) is 0 Å². The second-order valence-corrected chi connectivity index (χ2v) is 10.3. The number of aliphatic hydroxyl groups excluding tert-OH is 1. The van der Waals surface area contributed by atoms with Crippen LogP contribution in [-0.4, -0.2) is 13.2 Å². The first kappa shape index (κ1) is 13.3. The van der Waals surface area contributed by atoms with Gasteiger partial charge in [-0.3, -0.25) is 0 Å². The molecule has 0 fully saturated rings. The Bertz CT molecular complexity index is 411. The van der Waals surface area contributed by atoms with Crippen molar-refractivity contribution in [2.75, 3.05) is 0 Å².